The van der Waals surface area contributed by atoms with Gasteiger partial charge in [0.25, 0.3) is 0 Å². The van der Waals surface area contributed by atoms with Gasteiger partial charge in [0.15, 0.2) is 0 Å². The van der Waals surface area contributed by atoms with Crippen LogP contribution in [0.4, 0.5) is 0 Å². The Hall–Kier alpha value is -0.0800. The van der Waals surface area contributed by atoms with Gasteiger partial charge < -0.3 is 11.1 Å². The van der Waals surface area contributed by atoms with Crippen LogP contribution in [0.5, 0.6) is 0 Å². The molecule has 0 aromatic carbocycles. The average Bonchev–Trinajstić information content (AvgIpc) is 2.03. The minimum atomic E-state index is 0.393. The van der Waals surface area contributed by atoms with Crippen LogP contribution in [-0.2, 0) is 0 Å². The molecule has 3 N–H and O–H groups in total. The van der Waals surface area contributed by atoms with E-state index in [0.29, 0.717) is 11.3 Å². The molecule has 0 aliphatic rings. The summed E-state index contributed by atoms with van der Waals surface area (Å²) >= 11 is 0. The van der Waals surface area contributed by atoms with E-state index >= 15 is 0 Å². The van der Waals surface area contributed by atoms with Gasteiger partial charge >= 0.3 is 0 Å². The summed E-state index contributed by atoms with van der Waals surface area (Å²) < 4.78 is 0. The normalized spacial score (nSPS) is 14.5. The average molecular weight is 186 g/mol. The van der Waals surface area contributed by atoms with Gasteiger partial charge in [-0.15, -0.1) is 0 Å². The van der Waals surface area contributed by atoms with Crippen LogP contribution in [-0.4, -0.2) is 19.6 Å². The van der Waals surface area contributed by atoms with Crippen molar-refractivity contribution in [3.05, 3.63) is 0 Å². The topological polar surface area (TPSA) is 38.0 Å². The molecule has 13 heavy (non-hydrogen) atoms. The second-order valence-electron chi connectivity index (χ2n) is 5.04. The first-order chi connectivity index (χ1) is 5.99. The zero-order valence-corrected chi connectivity index (χ0v) is 9.69. The van der Waals surface area contributed by atoms with Crippen LogP contribution in [0.15, 0.2) is 0 Å². The summed E-state index contributed by atoms with van der Waals surface area (Å²) in [5, 5.41) is 3.47. The molecule has 0 bridgehead atoms. The maximum absolute atomic E-state index is 5.62. The molecule has 80 valence electrons. The Morgan fingerprint density at radius 2 is 1.92 bits per heavy atom. The van der Waals surface area contributed by atoms with E-state index in [4.69, 9.17) is 5.73 Å². The van der Waals surface area contributed by atoms with Crippen molar-refractivity contribution >= 4 is 0 Å². The van der Waals surface area contributed by atoms with Crippen LogP contribution in [0.3, 0.4) is 0 Å². The highest BCUT2D eigenvalue weighted by molar-refractivity contribution is 4.66. The molecule has 0 rings (SSSR count). The smallest absolute Gasteiger partial charge is 0.0000123 e. The Bertz CT molecular complexity index is 112. The fourth-order valence-electron chi connectivity index (χ4n) is 1.26. The van der Waals surface area contributed by atoms with Crippen LogP contribution in [0.1, 0.15) is 40.5 Å². The van der Waals surface area contributed by atoms with Gasteiger partial charge in [-0.3, -0.25) is 0 Å². The van der Waals surface area contributed by atoms with E-state index in [9.17, 15) is 0 Å². The van der Waals surface area contributed by atoms with E-state index in [2.05, 4.69) is 33.0 Å². The van der Waals surface area contributed by atoms with Crippen LogP contribution in [0, 0.1) is 11.3 Å². The summed E-state index contributed by atoms with van der Waals surface area (Å²) in [6.45, 7) is 12.0. The third kappa shape index (κ3) is 8.26. The highest BCUT2D eigenvalue weighted by Gasteiger charge is 2.09. The minimum Gasteiger partial charge on any atom is -0.330 e. The van der Waals surface area contributed by atoms with Crippen molar-refractivity contribution in [1.29, 1.82) is 0 Å². The van der Waals surface area contributed by atoms with Gasteiger partial charge in [-0.1, -0.05) is 34.1 Å². The van der Waals surface area contributed by atoms with Crippen molar-refractivity contribution in [2.45, 2.75) is 40.5 Å². The van der Waals surface area contributed by atoms with Crippen LogP contribution in [0.2, 0.25) is 0 Å². The Morgan fingerprint density at radius 3 is 2.31 bits per heavy atom. The Morgan fingerprint density at radius 1 is 1.31 bits per heavy atom. The number of nitrogens with two attached hydrogens (primary N) is 1. The summed E-state index contributed by atoms with van der Waals surface area (Å²) in [5.41, 5.74) is 6.02. The number of rotatable bonds is 6. The first-order valence-corrected chi connectivity index (χ1v) is 5.40. The molecular weight excluding hydrogens is 160 g/mol. The molecule has 1 atom stereocenters. The van der Waals surface area contributed by atoms with Crippen molar-refractivity contribution in [3.63, 3.8) is 0 Å². The van der Waals surface area contributed by atoms with Crippen LogP contribution >= 0.6 is 0 Å². The highest BCUT2D eigenvalue weighted by atomic mass is 14.9. The SMILES string of the molecule is CCC(CN)CCNCC(C)(C)C. The lowest BCUT2D eigenvalue weighted by atomic mass is 9.96. The van der Waals surface area contributed by atoms with E-state index in [1.54, 1.807) is 0 Å². The van der Waals surface area contributed by atoms with Crippen LogP contribution < -0.4 is 11.1 Å². The lowest BCUT2D eigenvalue weighted by molar-refractivity contribution is 0.365. The Kier molecular flexibility index (Phi) is 6.35. The Balaban J connectivity index is 3.34. The van der Waals surface area contributed by atoms with Gasteiger partial charge in [-0.25, -0.2) is 0 Å². The van der Waals surface area contributed by atoms with Crippen molar-refractivity contribution in [1.82, 2.24) is 5.32 Å². The van der Waals surface area contributed by atoms with Gasteiger partial charge in [-0.05, 0) is 37.4 Å². The molecule has 0 aliphatic carbocycles. The van der Waals surface area contributed by atoms with Crippen LogP contribution in [0.25, 0.3) is 0 Å². The predicted octanol–water partition coefficient (Wildman–Crippen LogP) is 2.00. The monoisotopic (exact) mass is 186 g/mol. The summed E-state index contributed by atoms with van der Waals surface area (Å²) in [6, 6.07) is 0. The third-order valence-electron chi connectivity index (χ3n) is 2.30. The maximum atomic E-state index is 5.62. The number of hydrogen-bond donors (Lipinski definition) is 2. The van der Waals surface area contributed by atoms with Gasteiger partial charge in [0, 0.05) is 0 Å². The molecule has 0 heterocycles. The lowest BCUT2D eigenvalue weighted by Crippen LogP contribution is -2.29. The molecule has 2 heteroatoms. The molecule has 0 saturated heterocycles. The molecular formula is C11H26N2. The minimum absolute atomic E-state index is 0.393. The lowest BCUT2D eigenvalue weighted by Gasteiger charge is -2.20. The fraction of sp³-hybridized carbons (Fsp3) is 1.00. The van der Waals surface area contributed by atoms with E-state index < -0.39 is 0 Å². The summed E-state index contributed by atoms with van der Waals surface area (Å²) in [4.78, 5) is 0. The Labute approximate surface area is 83.3 Å². The van der Waals surface area contributed by atoms with Crippen molar-refractivity contribution in [2.24, 2.45) is 17.1 Å². The van der Waals surface area contributed by atoms with E-state index in [1.165, 1.54) is 12.8 Å². The summed E-state index contributed by atoms with van der Waals surface area (Å²) in [6.07, 6.45) is 2.41. The molecule has 0 radical (unpaired) electrons. The maximum Gasteiger partial charge on any atom is -0.0000123 e. The molecule has 0 aliphatic heterocycles. The highest BCUT2D eigenvalue weighted by Crippen LogP contribution is 2.10. The molecule has 1 unspecified atom stereocenters. The van der Waals surface area contributed by atoms with Gasteiger partial charge in [-0.2, -0.15) is 0 Å². The fourth-order valence-corrected chi connectivity index (χ4v) is 1.26. The van der Waals surface area contributed by atoms with Crippen molar-refractivity contribution in [2.75, 3.05) is 19.6 Å². The zero-order chi connectivity index (χ0) is 10.3. The molecule has 0 amide bonds. The molecule has 0 spiro atoms. The molecule has 2 nitrogen and oxygen atoms in total. The third-order valence-corrected chi connectivity index (χ3v) is 2.30. The van der Waals surface area contributed by atoms with E-state index in [1.807, 2.05) is 0 Å². The van der Waals surface area contributed by atoms with Crippen molar-refractivity contribution < 1.29 is 0 Å². The molecule has 0 aromatic rings. The summed E-state index contributed by atoms with van der Waals surface area (Å²) in [7, 11) is 0. The van der Waals surface area contributed by atoms with Gasteiger partial charge in [0.2, 0.25) is 0 Å². The van der Waals surface area contributed by atoms with Crippen molar-refractivity contribution in [3.8, 4) is 0 Å². The number of hydrogen-bond acceptors (Lipinski definition) is 2. The number of nitrogens with one attached hydrogen (secondary N) is 1. The second-order valence-corrected chi connectivity index (χ2v) is 5.04. The second kappa shape index (κ2) is 6.39. The largest absolute Gasteiger partial charge is 0.330 e. The molecule has 0 saturated carbocycles. The first kappa shape index (κ1) is 12.9. The standard InChI is InChI=1S/C11H26N2/c1-5-10(8-12)6-7-13-9-11(2,3)4/h10,13H,5-9,12H2,1-4H3. The zero-order valence-electron chi connectivity index (χ0n) is 9.69. The molecule has 0 fully saturated rings. The quantitative estimate of drug-likeness (QED) is 0.623. The van der Waals surface area contributed by atoms with Gasteiger partial charge in [0.1, 0.15) is 0 Å². The van der Waals surface area contributed by atoms with E-state index in [0.717, 1.165) is 19.6 Å². The summed E-state index contributed by atoms with van der Waals surface area (Å²) in [5.74, 6) is 0.701. The van der Waals surface area contributed by atoms with Gasteiger partial charge in [0.05, 0.1) is 0 Å². The van der Waals surface area contributed by atoms with E-state index in [-0.39, 0.29) is 0 Å². The molecule has 0 aromatic heterocycles. The predicted molar refractivity (Wildman–Crippen MR) is 59.8 cm³/mol. The first-order valence-electron chi connectivity index (χ1n) is 5.40.